The molecular formula is C12H18N2O. The monoisotopic (exact) mass is 206 g/mol. The number of hydrogen-bond acceptors (Lipinski definition) is 2. The Morgan fingerprint density at radius 3 is 2.60 bits per heavy atom. The standard InChI is InChI=1S/C12H18N2O/c1-10-6-4-5-7-11(10)13-12(15)8-9-14(2)3/h4-7H,8-9H2,1-3H3,(H,13,15). The normalized spacial score (nSPS) is 10.4. The summed E-state index contributed by atoms with van der Waals surface area (Å²) in [6.45, 7) is 2.76. The van der Waals surface area contributed by atoms with E-state index in [1.54, 1.807) is 0 Å². The van der Waals surface area contributed by atoms with Crippen molar-refractivity contribution in [1.29, 1.82) is 0 Å². The molecule has 0 aromatic heterocycles. The average Bonchev–Trinajstić information content (AvgIpc) is 2.18. The average molecular weight is 206 g/mol. The summed E-state index contributed by atoms with van der Waals surface area (Å²) in [5, 5.41) is 2.90. The molecule has 15 heavy (non-hydrogen) atoms. The van der Waals surface area contributed by atoms with E-state index in [4.69, 9.17) is 0 Å². The number of para-hydroxylation sites is 1. The van der Waals surface area contributed by atoms with Gasteiger partial charge in [-0.2, -0.15) is 0 Å². The molecule has 0 spiro atoms. The van der Waals surface area contributed by atoms with Crippen LogP contribution in [0.4, 0.5) is 5.69 Å². The first-order valence-electron chi connectivity index (χ1n) is 5.10. The van der Waals surface area contributed by atoms with Crippen LogP contribution in [0.15, 0.2) is 24.3 Å². The second kappa shape index (κ2) is 5.51. The molecule has 82 valence electrons. The molecule has 3 heteroatoms. The van der Waals surface area contributed by atoms with Crippen molar-refractivity contribution in [2.45, 2.75) is 13.3 Å². The third-order valence-corrected chi connectivity index (χ3v) is 2.21. The maximum atomic E-state index is 11.5. The highest BCUT2D eigenvalue weighted by molar-refractivity contribution is 5.91. The minimum absolute atomic E-state index is 0.0676. The van der Waals surface area contributed by atoms with Crippen LogP contribution >= 0.6 is 0 Å². The van der Waals surface area contributed by atoms with E-state index in [0.29, 0.717) is 6.42 Å². The number of aryl methyl sites for hydroxylation is 1. The lowest BCUT2D eigenvalue weighted by molar-refractivity contribution is -0.116. The molecule has 1 N–H and O–H groups in total. The van der Waals surface area contributed by atoms with Crippen LogP contribution < -0.4 is 5.32 Å². The van der Waals surface area contributed by atoms with E-state index in [-0.39, 0.29) is 5.91 Å². The Morgan fingerprint density at radius 2 is 2.00 bits per heavy atom. The van der Waals surface area contributed by atoms with Gasteiger partial charge in [-0.3, -0.25) is 4.79 Å². The number of hydrogen-bond donors (Lipinski definition) is 1. The van der Waals surface area contributed by atoms with Gasteiger partial charge in [-0.05, 0) is 32.6 Å². The third-order valence-electron chi connectivity index (χ3n) is 2.21. The van der Waals surface area contributed by atoms with Crippen molar-refractivity contribution in [3.8, 4) is 0 Å². The molecule has 3 nitrogen and oxygen atoms in total. The number of rotatable bonds is 4. The van der Waals surface area contributed by atoms with Crippen LogP contribution in [0.3, 0.4) is 0 Å². The van der Waals surface area contributed by atoms with Crippen molar-refractivity contribution < 1.29 is 4.79 Å². The van der Waals surface area contributed by atoms with Gasteiger partial charge < -0.3 is 10.2 Å². The molecule has 1 amide bonds. The second-order valence-electron chi connectivity index (χ2n) is 3.92. The van der Waals surface area contributed by atoms with E-state index in [2.05, 4.69) is 5.32 Å². The van der Waals surface area contributed by atoms with Gasteiger partial charge in [0.05, 0.1) is 0 Å². The number of benzene rings is 1. The fourth-order valence-electron chi connectivity index (χ4n) is 1.25. The molecule has 0 saturated heterocycles. The summed E-state index contributed by atoms with van der Waals surface area (Å²) in [4.78, 5) is 13.5. The van der Waals surface area contributed by atoms with Crippen molar-refractivity contribution in [2.24, 2.45) is 0 Å². The zero-order valence-corrected chi connectivity index (χ0v) is 9.58. The summed E-state index contributed by atoms with van der Waals surface area (Å²) in [6.07, 6.45) is 0.529. The molecule has 0 atom stereocenters. The van der Waals surface area contributed by atoms with Gasteiger partial charge in [0.15, 0.2) is 0 Å². The Balaban J connectivity index is 2.48. The van der Waals surface area contributed by atoms with Crippen LogP contribution in [0.5, 0.6) is 0 Å². The molecule has 0 saturated carbocycles. The van der Waals surface area contributed by atoms with E-state index < -0.39 is 0 Å². The Kier molecular flexibility index (Phi) is 4.31. The summed E-state index contributed by atoms with van der Waals surface area (Å²) in [5.74, 6) is 0.0676. The fraction of sp³-hybridized carbons (Fsp3) is 0.417. The lowest BCUT2D eigenvalue weighted by Crippen LogP contribution is -2.21. The minimum atomic E-state index is 0.0676. The van der Waals surface area contributed by atoms with Crippen LogP contribution in [-0.2, 0) is 4.79 Å². The molecule has 1 aromatic rings. The lowest BCUT2D eigenvalue weighted by atomic mass is 10.2. The zero-order valence-electron chi connectivity index (χ0n) is 9.58. The molecule has 0 aliphatic carbocycles. The van der Waals surface area contributed by atoms with E-state index in [1.807, 2.05) is 50.2 Å². The van der Waals surface area contributed by atoms with E-state index in [0.717, 1.165) is 17.8 Å². The van der Waals surface area contributed by atoms with Crippen molar-refractivity contribution in [3.63, 3.8) is 0 Å². The summed E-state index contributed by atoms with van der Waals surface area (Å²) in [5.41, 5.74) is 2.00. The highest BCUT2D eigenvalue weighted by Crippen LogP contribution is 2.13. The van der Waals surface area contributed by atoms with Crippen LogP contribution in [0.1, 0.15) is 12.0 Å². The van der Waals surface area contributed by atoms with Gasteiger partial charge in [-0.25, -0.2) is 0 Å². The minimum Gasteiger partial charge on any atom is -0.326 e. The highest BCUT2D eigenvalue weighted by atomic mass is 16.1. The van der Waals surface area contributed by atoms with Crippen molar-refractivity contribution in [2.75, 3.05) is 26.0 Å². The van der Waals surface area contributed by atoms with Gasteiger partial charge in [0.1, 0.15) is 0 Å². The maximum absolute atomic E-state index is 11.5. The quantitative estimate of drug-likeness (QED) is 0.816. The van der Waals surface area contributed by atoms with Crippen LogP contribution in [0, 0.1) is 6.92 Å². The fourth-order valence-corrected chi connectivity index (χ4v) is 1.25. The first kappa shape index (κ1) is 11.7. The first-order valence-corrected chi connectivity index (χ1v) is 5.10. The summed E-state index contributed by atoms with van der Waals surface area (Å²) in [7, 11) is 3.92. The smallest absolute Gasteiger partial charge is 0.225 e. The van der Waals surface area contributed by atoms with Crippen molar-refractivity contribution >= 4 is 11.6 Å². The SMILES string of the molecule is Cc1ccccc1NC(=O)CCN(C)C. The number of nitrogens with one attached hydrogen (secondary N) is 1. The molecule has 0 aliphatic rings. The van der Waals surface area contributed by atoms with Gasteiger partial charge >= 0.3 is 0 Å². The van der Waals surface area contributed by atoms with E-state index >= 15 is 0 Å². The van der Waals surface area contributed by atoms with Gasteiger partial charge in [0, 0.05) is 18.7 Å². The first-order chi connectivity index (χ1) is 7.09. The largest absolute Gasteiger partial charge is 0.326 e. The zero-order chi connectivity index (χ0) is 11.3. The summed E-state index contributed by atoms with van der Waals surface area (Å²) >= 11 is 0. The predicted molar refractivity (Wildman–Crippen MR) is 63.0 cm³/mol. The summed E-state index contributed by atoms with van der Waals surface area (Å²) < 4.78 is 0. The predicted octanol–water partition coefficient (Wildman–Crippen LogP) is 1.89. The molecule has 0 radical (unpaired) electrons. The van der Waals surface area contributed by atoms with E-state index in [9.17, 15) is 4.79 Å². The molecule has 1 rings (SSSR count). The molecular weight excluding hydrogens is 188 g/mol. The van der Waals surface area contributed by atoms with Crippen molar-refractivity contribution in [3.05, 3.63) is 29.8 Å². The Morgan fingerprint density at radius 1 is 1.33 bits per heavy atom. The Hall–Kier alpha value is -1.35. The maximum Gasteiger partial charge on any atom is 0.225 e. The topological polar surface area (TPSA) is 32.3 Å². The molecule has 1 aromatic carbocycles. The van der Waals surface area contributed by atoms with Crippen LogP contribution in [-0.4, -0.2) is 31.4 Å². The Labute approximate surface area is 91.1 Å². The second-order valence-corrected chi connectivity index (χ2v) is 3.92. The van der Waals surface area contributed by atoms with E-state index in [1.165, 1.54) is 0 Å². The molecule has 0 unspecified atom stereocenters. The number of carbonyl (C=O) groups excluding carboxylic acids is 1. The third kappa shape index (κ3) is 4.13. The number of carbonyl (C=O) groups is 1. The van der Waals surface area contributed by atoms with Crippen LogP contribution in [0.25, 0.3) is 0 Å². The van der Waals surface area contributed by atoms with Gasteiger partial charge in [-0.15, -0.1) is 0 Å². The van der Waals surface area contributed by atoms with Gasteiger partial charge in [0.25, 0.3) is 0 Å². The summed E-state index contributed by atoms with van der Waals surface area (Å²) in [6, 6.07) is 7.80. The Bertz CT molecular complexity index is 334. The highest BCUT2D eigenvalue weighted by Gasteiger charge is 2.04. The number of amides is 1. The van der Waals surface area contributed by atoms with Gasteiger partial charge in [0.2, 0.25) is 5.91 Å². The molecule has 0 fully saturated rings. The molecule has 0 aliphatic heterocycles. The number of nitrogens with zero attached hydrogens (tertiary/aromatic N) is 1. The lowest BCUT2D eigenvalue weighted by Gasteiger charge is -2.10. The van der Waals surface area contributed by atoms with Crippen LogP contribution in [0.2, 0.25) is 0 Å². The van der Waals surface area contributed by atoms with Crippen molar-refractivity contribution in [1.82, 2.24) is 4.90 Å². The molecule has 0 heterocycles. The molecule has 0 bridgehead atoms. The van der Waals surface area contributed by atoms with Gasteiger partial charge in [-0.1, -0.05) is 18.2 Å². The number of anilines is 1.